The lowest BCUT2D eigenvalue weighted by Crippen LogP contribution is -2.69. The van der Waals surface area contributed by atoms with Crippen LogP contribution in [0.2, 0.25) is 0 Å². The van der Waals surface area contributed by atoms with Crippen molar-refractivity contribution in [3.8, 4) is 11.5 Å². The first kappa shape index (κ1) is 30.8. The topological polar surface area (TPSA) is 175 Å². The molecule has 0 radical (unpaired) electrons. The molecule has 13 nitrogen and oxygen atoms in total. The number of thioether (sulfide) groups is 1. The number of carbonyl (C=O) groups excluding carboxylic acids is 4. The van der Waals surface area contributed by atoms with Gasteiger partial charge in [-0.1, -0.05) is 22.0 Å². The van der Waals surface area contributed by atoms with Gasteiger partial charge in [0.2, 0.25) is 5.91 Å². The number of aliphatic hydroxyl groups excluding tert-OH is 1. The summed E-state index contributed by atoms with van der Waals surface area (Å²) >= 11 is 3.64. The molecule has 42 heavy (non-hydrogen) atoms. The predicted octanol–water partition coefficient (Wildman–Crippen LogP) is 4.55. The van der Waals surface area contributed by atoms with E-state index in [2.05, 4.69) is 21.2 Å². The Hall–Kier alpha value is -4.11. The SMILES string of the molecule is CC(=O)NC1C(=O)N(C(C(=O)OCc2ccc([N+](=O)[O-])cc2)=C(O)CBr)C1SC(=O)OCC1CC1.c1cc2cc(c1)O2. The average molecular weight is 664 g/mol. The van der Waals surface area contributed by atoms with Gasteiger partial charge in [-0.3, -0.25) is 24.6 Å². The number of nitro groups is 1. The van der Waals surface area contributed by atoms with Crippen LogP contribution in [0.3, 0.4) is 0 Å². The minimum atomic E-state index is -1.12. The molecule has 2 aromatic rings. The Bertz CT molecular complexity index is 1390. The molecule has 1 aliphatic carbocycles. The summed E-state index contributed by atoms with van der Waals surface area (Å²) in [4.78, 5) is 60.7. The Kier molecular flexibility index (Phi) is 10.1. The number of hydrogen-bond donors (Lipinski definition) is 2. The van der Waals surface area contributed by atoms with Gasteiger partial charge in [-0.15, -0.1) is 0 Å². The van der Waals surface area contributed by atoms with Crippen LogP contribution in [0, 0.1) is 16.0 Å². The number of nitro benzene ring substituents is 1. The lowest BCUT2D eigenvalue weighted by atomic mass is 10.1. The number of non-ortho nitro benzene ring substituents is 1. The number of β-lactam (4-membered cyclic amide) rings is 1. The lowest BCUT2D eigenvalue weighted by Gasteiger charge is -2.45. The van der Waals surface area contributed by atoms with E-state index in [0.717, 1.165) is 29.2 Å². The fourth-order valence-corrected chi connectivity index (χ4v) is 5.04. The van der Waals surface area contributed by atoms with Crippen LogP contribution in [0.15, 0.2) is 60.0 Å². The van der Waals surface area contributed by atoms with Gasteiger partial charge in [0.15, 0.2) is 5.70 Å². The Labute approximate surface area is 252 Å². The molecule has 2 fully saturated rings. The summed E-state index contributed by atoms with van der Waals surface area (Å²) in [7, 11) is 0. The predicted molar refractivity (Wildman–Crippen MR) is 153 cm³/mol. The van der Waals surface area contributed by atoms with E-state index >= 15 is 0 Å². The zero-order valence-electron chi connectivity index (χ0n) is 22.2. The molecule has 2 atom stereocenters. The van der Waals surface area contributed by atoms with Crippen LogP contribution >= 0.6 is 27.7 Å². The molecule has 1 saturated heterocycles. The van der Waals surface area contributed by atoms with E-state index < -0.39 is 50.9 Å². The average Bonchev–Trinajstić information content (AvgIpc) is 3.80. The molecule has 3 aliphatic heterocycles. The number of hydrogen-bond acceptors (Lipinski definition) is 11. The van der Waals surface area contributed by atoms with Crippen molar-refractivity contribution in [2.45, 2.75) is 37.8 Å². The van der Waals surface area contributed by atoms with Gasteiger partial charge in [0, 0.05) is 25.1 Å². The number of fused-ring (bicyclic) bond motifs is 2. The number of esters is 1. The summed E-state index contributed by atoms with van der Waals surface area (Å²) in [5.74, 6) is -0.544. The molecule has 6 rings (SSSR count). The van der Waals surface area contributed by atoms with Crippen LogP contribution in [0.1, 0.15) is 25.3 Å². The monoisotopic (exact) mass is 663 g/mol. The molecule has 4 aliphatic rings. The fourth-order valence-electron chi connectivity index (χ4n) is 3.81. The standard InChI is InChI=1S/C21H22BrN3O9S.C6H4O/c1-11(26)23-16-18(28)24(19(16)35-21(30)34-10-12-2-3-12)17(15(27)8-22)20(29)33-9-13-4-6-14(7-5-13)25(31)32;1-2-5-4-6(3-1)7-5/h4-7,12,16,19,27H,2-3,8-10H2,1H3,(H,23,26);1-4H. The first-order valence-corrected chi connectivity index (χ1v) is 14.7. The summed E-state index contributed by atoms with van der Waals surface area (Å²) < 4.78 is 15.4. The summed E-state index contributed by atoms with van der Waals surface area (Å²) in [5.41, 5.74) is -0.202. The van der Waals surface area contributed by atoms with Gasteiger partial charge < -0.3 is 24.6 Å². The minimum absolute atomic E-state index is 0.138. The molecular weight excluding hydrogens is 638 g/mol. The maximum absolute atomic E-state index is 12.9. The number of allylic oxidation sites excluding steroid dienone is 1. The molecule has 0 spiro atoms. The molecule has 222 valence electrons. The second-order valence-corrected chi connectivity index (χ2v) is 11.0. The van der Waals surface area contributed by atoms with Gasteiger partial charge in [-0.05, 0) is 60.4 Å². The molecule has 3 heterocycles. The number of amides is 2. The van der Waals surface area contributed by atoms with Gasteiger partial charge in [0.05, 0.1) is 16.9 Å². The molecule has 2 unspecified atom stereocenters. The van der Waals surface area contributed by atoms with E-state index in [-0.39, 0.29) is 24.2 Å². The Balaban J connectivity index is 0.000000496. The van der Waals surface area contributed by atoms with E-state index in [1.54, 1.807) is 0 Å². The number of carbonyl (C=O) groups is 4. The van der Waals surface area contributed by atoms with Gasteiger partial charge in [0.1, 0.15) is 35.3 Å². The molecular formula is C27H26BrN3O10S. The maximum Gasteiger partial charge on any atom is 0.369 e. The van der Waals surface area contributed by atoms with Crippen molar-refractivity contribution < 1.29 is 43.4 Å². The van der Waals surface area contributed by atoms with Crippen molar-refractivity contribution in [3.05, 3.63) is 75.7 Å². The summed E-state index contributed by atoms with van der Waals surface area (Å²) in [5, 5.41) is 21.7. The van der Waals surface area contributed by atoms with Gasteiger partial charge in [0.25, 0.3) is 11.6 Å². The maximum atomic E-state index is 12.9. The van der Waals surface area contributed by atoms with Gasteiger partial charge in [-0.25, -0.2) is 9.59 Å². The molecule has 2 N–H and O–H groups in total. The van der Waals surface area contributed by atoms with Crippen molar-refractivity contribution in [1.82, 2.24) is 10.2 Å². The van der Waals surface area contributed by atoms with E-state index in [1.165, 1.54) is 31.2 Å². The number of aliphatic hydroxyl groups is 1. The van der Waals surface area contributed by atoms with Crippen molar-refractivity contribution >= 4 is 56.5 Å². The number of alkyl halides is 1. The number of ether oxygens (including phenoxy) is 3. The summed E-state index contributed by atoms with van der Waals surface area (Å²) in [6, 6.07) is 12.0. The molecule has 1 saturated carbocycles. The van der Waals surface area contributed by atoms with Crippen molar-refractivity contribution in [3.63, 3.8) is 0 Å². The quantitative estimate of drug-likeness (QED) is 0.0592. The third kappa shape index (κ3) is 7.79. The molecule has 15 heteroatoms. The third-order valence-electron chi connectivity index (χ3n) is 6.15. The molecule has 2 amide bonds. The summed E-state index contributed by atoms with van der Waals surface area (Å²) in [6.07, 6.45) is 1.93. The number of likely N-dealkylation sites (tertiary alicyclic amines) is 1. The Morgan fingerprint density at radius 2 is 1.81 bits per heavy atom. The van der Waals surface area contributed by atoms with E-state index in [1.807, 2.05) is 24.3 Å². The fraction of sp³-hybridized carbons (Fsp3) is 0.333. The highest BCUT2D eigenvalue weighted by Crippen LogP contribution is 2.37. The van der Waals surface area contributed by atoms with E-state index in [4.69, 9.17) is 14.2 Å². The number of rotatable bonds is 10. The normalized spacial score (nSPS) is 18.5. The number of halogens is 1. The highest BCUT2D eigenvalue weighted by molar-refractivity contribution is 9.09. The summed E-state index contributed by atoms with van der Waals surface area (Å²) in [6.45, 7) is 1.15. The first-order valence-electron chi connectivity index (χ1n) is 12.7. The van der Waals surface area contributed by atoms with Crippen LogP contribution in [0.5, 0.6) is 11.5 Å². The zero-order chi connectivity index (χ0) is 30.4. The Morgan fingerprint density at radius 3 is 2.29 bits per heavy atom. The highest BCUT2D eigenvalue weighted by atomic mass is 79.9. The number of benzene rings is 2. The van der Waals surface area contributed by atoms with Crippen molar-refractivity contribution in [2.24, 2.45) is 5.92 Å². The molecule has 0 aromatic heterocycles. The van der Waals surface area contributed by atoms with E-state index in [0.29, 0.717) is 23.2 Å². The van der Waals surface area contributed by atoms with Crippen molar-refractivity contribution in [2.75, 3.05) is 11.9 Å². The van der Waals surface area contributed by atoms with Crippen LogP contribution < -0.4 is 10.1 Å². The number of nitrogens with zero attached hydrogens (tertiary/aromatic N) is 2. The van der Waals surface area contributed by atoms with Crippen molar-refractivity contribution in [1.29, 1.82) is 0 Å². The second-order valence-electron chi connectivity index (χ2n) is 9.40. The molecule has 2 aromatic carbocycles. The Morgan fingerprint density at radius 1 is 1.17 bits per heavy atom. The van der Waals surface area contributed by atoms with Gasteiger partial charge >= 0.3 is 11.3 Å². The van der Waals surface area contributed by atoms with Gasteiger partial charge in [-0.2, -0.15) is 0 Å². The van der Waals surface area contributed by atoms with Crippen LogP contribution in [-0.2, 0) is 30.5 Å². The van der Waals surface area contributed by atoms with Crippen LogP contribution in [0.25, 0.3) is 0 Å². The van der Waals surface area contributed by atoms with Crippen LogP contribution in [0.4, 0.5) is 10.5 Å². The van der Waals surface area contributed by atoms with Crippen LogP contribution in [-0.4, -0.2) is 61.4 Å². The zero-order valence-corrected chi connectivity index (χ0v) is 24.6. The lowest BCUT2D eigenvalue weighted by molar-refractivity contribution is -0.384. The second kappa shape index (κ2) is 13.7. The smallest absolute Gasteiger partial charge is 0.369 e. The first-order chi connectivity index (χ1) is 20.1. The molecule has 2 bridgehead atoms. The van der Waals surface area contributed by atoms with E-state index in [9.17, 15) is 34.4 Å². The minimum Gasteiger partial charge on any atom is -0.509 e. The largest absolute Gasteiger partial charge is 0.509 e. The highest BCUT2D eigenvalue weighted by Gasteiger charge is 2.54. The number of nitrogens with one attached hydrogen (secondary N) is 1. The third-order valence-corrected chi connectivity index (χ3v) is 7.71.